The average molecular weight is 531 g/mol. The van der Waals surface area contributed by atoms with E-state index in [0.29, 0.717) is 39.6 Å². The number of thiazole rings is 1. The second-order valence-corrected chi connectivity index (χ2v) is 9.68. The van der Waals surface area contributed by atoms with Gasteiger partial charge in [-0.15, -0.1) is 0 Å². The van der Waals surface area contributed by atoms with Crippen LogP contribution in [0.2, 0.25) is 0 Å². The Kier molecular flexibility index (Phi) is 7.02. The van der Waals surface area contributed by atoms with E-state index in [9.17, 15) is 9.59 Å². The number of amides is 1. The van der Waals surface area contributed by atoms with Crippen molar-refractivity contribution < 1.29 is 23.4 Å². The van der Waals surface area contributed by atoms with Crippen LogP contribution in [0.5, 0.6) is 17.2 Å². The first kappa shape index (κ1) is 25.3. The third-order valence-electron chi connectivity index (χ3n) is 6.10. The van der Waals surface area contributed by atoms with Gasteiger partial charge in [0.25, 0.3) is 5.91 Å². The van der Waals surface area contributed by atoms with E-state index in [1.165, 1.54) is 18.4 Å². The Balaban J connectivity index is 1.53. The van der Waals surface area contributed by atoms with Crippen molar-refractivity contribution >= 4 is 43.6 Å². The molecule has 1 N–H and O–H groups in total. The predicted octanol–water partition coefficient (Wildman–Crippen LogP) is 6.19. The van der Waals surface area contributed by atoms with Gasteiger partial charge in [-0.05, 0) is 61.4 Å². The van der Waals surface area contributed by atoms with Crippen molar-refractivity contribution in [1.29, 1.82) is 0 Å². The molecular weight excluding hydrogens is 504 g/mol. The van der Waals surface area contributed by atoms with Crippen molar-refractivity contribution in [2.45, 2.75) is 26.4 Å². The third kappa shape index (κ3) is 4.80. The van der Waals surface area contributed by atoms with Gasteiger partial charge in [-0.1, -0.05) is 36.5 Å². The Bertz CT molecular complexity index is 1710. The lowest BCUT2D eigenvalue weighted by molar-refractivity contribution is -0.122. The molecule has 0 saturated heterocycles. The van der Waals surface area contributed by atoms with Crippen LogP contribution in [0.3, 0.4) is 0 Å². The molecule has 5 rings (SSSR count). The summed E-state index contributed by atoms with van der Waals surface area (Å²) in [5.41, 5.74) is 2.47. The Morgan fingerprint density at radius 3 is 2.61 bits per heavy atom. The maximum absolute atomic E-state index is 13.6. The van der Waals surface area contributed by atoms with E-state index in [0.717, 1.165) is 15.8 Å². The first-order chi connectivity index (χ1) is 18.4. The minimum Gasteiger partial charge on any atom is -0.493 e. The van der Waals surface area contributed by atoms with Gasteiger partial charge in [-0.25, -0.2) is 4.98 Å². The van der Waals surface area contributed by atoms with Gasteiger partial charge >= 0.3 is 0 Å². The normalized spacial score (nSPS) is 11.9. The molecule has 194 valence electrons. The van der Waals surface area contributed by atoms with Crippen LogP contribution in [0.4, 0.5) is 5.13 Å². The zero-order valence-electron chi connectivity index (χ0n) is 21.4. The highest BCUT2D eigenvalue weighted by Crippen LogP contribution is 2.37. The number of carbonyl (C=O) groups is 1. The van der Waals surface area contributed by atoms with Crippen LogP contribution in [-0.4, -0.2) is 31.2 Å². The van der Waals surface area contributed by atoms with Crippen LogP contribution in [0.1, 0.15) is 18.9 Å². The van der Waals surface area contributed by atoms with E-state index in [-0.39, 0.29) is 16.9 Å². The van der Waals surface area contributed by atoms with E-state index in [4.69, 9.17) is 18.6 Å². The molecule has 9 heteroatoms. The molecule has 1 unspecified atom stereocenters. The van der Waals surface area contributed by atoms with Crippen LogP contribution >= 0.6 is 11.3 Å². The van der Waals surface area contributed by atoms with E-state index in [1.54, 1.807) is 49.6 Å². The van der Waals surface area contributed by atoms with E-state index in [2.05, 4.69) is 10.3 Å². The molecule has 38 heavy (non-hydrogen) atoms. The number of benzene rings is 3. The Morgan fingerprint density at radius 1 is 1.05 bits per heavy atom. The quantitative estimate of drug-likeness (QED) is 0.255. The zero-order chi connectivity index (χ0) is 26.8. The van der Waals surface area contributed by atoms with Crippen LogP contribution in [0.25, 0.3) is 32.5 Å². The molecule has 1 amide bonds. The zero-order valence-corrected chi connectivity index (χ0v) is 22.2. The predicted molar refractivity (Wildman–Crippen MR) is 149 cm³/mol. The largest absolute Gasteiger partial charge is 0.493 e. The fourth-order valence-corrected chi connectivity index (χ4v) is 5.10. The number of hydrogen-bond donors (Lipinski definition) is 1. The highest BCUT2D eigenvalue weighted by Gasteiger charge is 2.26. The van der Waals surface area contributed by atoms with Crippen molar-refractivity contribution in [3.8, 4) is 28.6 Å². The molecule has 8 nitrogen and oxygen atoms in total. The van der Waals surface area contributed by atoms with E-state index in [1.807, 2.05) is 32.0 Å². The van der Waals surface area contributed by atoms with Crippen LogP contribution in [-0.2, 0) is 4.79 Å². The van der Waals surface area contributed by atoms with Gasteiger partial charge in [0, 0.05) is 5.56 Å². The van der Waals surface area contributed by atoms with Crippen LogP contribution < -0.4 is 25.0 Å². The second-order valence-electron chi connectivity index (χ2n) is 8.65. The number of methoxy groups -OCH3 is 2. The highest BCUT2D eigenvalue weighted by atomic mass is 32.1. The molecule has 0 aliphatic carbocycles. The number of rotatable bonds is 8. The SMILES string of the molecule is CCC(Oc1c(-c2ccc(OC)c(OC)c2)oc2ccccc2c1=O)C(=O)Nc1nc2ccc(C)cc2s1. The molecule has 0 radical (unpaired) electrons. The van der Waals surface area contributed by atoms with Crippen LogP contribution in [0, 0.1) is 6.92 Å². The summed E-state index contributed by atoms with van der Waals surface area (Å²) in [6.07, 6.45) is -0.653. The number of para-hydroxylation sites is 1. The summed E-state index contributed by atoms with van der Waals surface area (Å²) in [5.74, 6) is 0.713. The monoisotopic (exact) mass is 530 g/mol. The second kappa shape index (κ2) is 10.5. The molecule has 0 saturated carbocycles. The number of aryl methyl sites for hydroxylation is 1. The lowest BCUT2D eigenvalue weighted by Crippen LogP contribution is -2.34. The van der Waals surface area contributed by atoms with Crippen LogP contribution in [0.15, 0.2) is 69.9 Å². The molecule has 3 aromatic carbocycles. The number of anilines is 1. The van der Waals surface area contributed by atoms with Gasteiger partial charge in [-0.2, -0.15) is 0 Å². The summed E-state index contributed by atoms with van der Waals surface area (Å²) in [6, 6.07) is 18.0. The highest BCUT2D eigenvalue weighted by molar-refractivity contribution is 7.22. The van der Waals surface area contributed by atoms with Crippen molar-refractivity contribution in [3.63, 3.8) is 0 Å². The lowest BCUT2D eigenvalue weighted by Gasteiger charge is -2.18. The average Bonchev–Trinajstić information content (AvgIpc) is 3.33. The lowest BCUT2D eigenvalue weighted by atomic mass is 10.1. The molecular formula is C29H26N2O6S. The third-order valence-corrected chi connectivity index (χ3v) is 7.03. The van der Waals surface area contributed by atoms with Crippen molar-refractivity contribution in [3.05, 3.63) is 76.5 Å². The van der Waals surface area contributed by atoms with Gasteiger partial charge in [0.15, 0.2) is 28.5 Å². The molecule has 0 aliphatic heterocycles. The number of carbonyl (C=O) groups excluding carboxylic acids is 1. The standard InChI is InChI=1S/C29H26N2O6S/c1-5-20(28(33)31-29-30-19-12-10-16(2)14-24(19)38-29)36-27-25(32)18-8-6-7-9-21(18)37-26(27)17-11-13-22(34-3)23(15-17)35-4/h6-15,20H,5H2,1-4H3,(H,30,31,33). The number of fused-ring (bicyclic) bond motifs is 2. The van der Waals surface area contributed by atoms with Crippen molar-refractivity contribution in [2.24, 2.45) is 0 Å². The number of nitrogens with zero attached hydrogens (tertiary/aromatic N) is 1. The van der Waals surface area contributed by atoms with Crippen molar-refractivity contribution in [1.82, 2.24) is 4.98 Å². The fraction of sp³-hybridized carbons (Fsp3) is 0.207. The summed E-state index contributed by atoms with van der Waals surface area (Å²) in [6.45, 7) is 3.81. The molecule has 0 spiro atoms. The molecule has 0 aliphatic rings. The summed E-state index contributed by atoms with van der Waals surface area (Å²) in [4.78, 5) is 31.4. The van der Waals surface area contributed by atoms with Gasteiger partial charge in [-0.3, -0.25) is 14.9 Å². The number of ether oxygens (including phenoxy) is 3. The van der Waals surface area contributed by atoms with E-state index < -0.39 is 12.0 Å². The maximum atomic E-state index is 13.6. The Hall–Kier alpha value is -4.37. The maximum Gasteiger partial charge on any atom is 0.267 e. The van der Waals surface area contributed by atoms with Gasteiger partial charge in [0.1, 0.15) is 5.58 Å². The first-order valence-electron chi connectivity index (χ1n) is 12.0. The number of hydrogen-bond acceptors (Lipinski definition) is 8. The summed E-state index contributed by atoms with van der Waals surface area (Å²) < 4.78 is 24.1. The summed E-state index contributed by atoms with van der Waals surface area (Å²) >= 11 is 1.38. The minimum atomic E-state index is -0.966. The Morgan fingerprint density at radius 2 is 1.84 bits per heavy atom. The molecule has 1 atom stereocenters. The Labute approximate surface area is 222 Å². The van der Waals surface area contributed by atoms with Crippen molar-refractivity contribution in [2.75, 3.05) is 19.5 Å². The van der Waals surface area contributed by atoms with E-state index >= 15 is 0 Å². The first-order valence-corrected chi connectivity index (χ1v) is 12.9. The molecule has 2 heterocycles. The smallest absolute Gasteiger partial charge is 0.267 e. The minimum absolute atomic E-state index is 0.0576. The number of nitrogens with one attached hydrogen (secondary N) is 1. The topological polar surface area (TPSA) is 99.9 Å². The fourth-order valence-electron chi connectivity index (χ4n) is 4.14. The summed E-state index contributed by atoms with van der Waals surface area (Å²) in [7, 11) is 3.07. The summed E-state index contributed by atoms with van der Waals surface area (Å²) in [5, 5.41) is 3.66. The molecule has 2 aromatic heterocycles. The van der Waals surface area contributed by atoms with Gasteiger partial charge in [0.2, 0.25) is 11.2 Å². The van der Waals surface area contributed by atoms with Gasteiger partial charge in [0.05, 0.1) is 29.8 Å². The van der Waals surface area contributed by atoms with Gasteiger partial charge < -0.3 is 18.6 Å². The number of aromatic nitrogens is 1. The molecule has 5 aromatic rings. The molecule has 0 fully saturated rings. The molecule has 0 bridgehead atoms.